The minimum absolute atomic E-state index is 0.00925. The van der Waals surface area contributed by atoms with E-state index >= 15 is 0 Å². The SMILES string of the molecule is CCC[C@@H](CCCC(=O)OC)NC(=O)CCCCC(=O)Nc1ccccc1. The van der Waals surface area contributed by atoms with Crippen molar-refractivity contribution in [2.45, 2.75) is 70.8 Å². The number of benzene rings is 1. The Balaban J connectivity index is 2.19. The van der Waals surface area contributed by atoms with E-state index < -0.39 is 0 Å². The molecule has 27 heavy (non-hydrogen) atoms. The van der Waals surface area contributed by atoms with Crippen molar-refractivity contribution in [2.24, 2.45) is 0 Å². The van der Waals surface area contributed by atoms with Crippen LogP contribution in [0.15, 0.2) is 30.3 Å². The molecular weight excluding hydrogens is 344 g/mol. The maximum atomic E-state index is 12.1. The number of ether oxygens (including phenoxy) is 1. The molecule has 1 rings (SSSR count). The number of methoxy groups -OCH3 is 1. The molecule has 2 N–H and O–H groups in total. The summed E-state index contributed by atoms with van der Waals surface area (Å²) in [5, 5.41) is 5.88. The molecule has 1 aromatic rings. The van der Waals surface area contributed by atoms with Gasteiger partial charge in [0.05, 0.1) is 7.11 Å². The Bertz CT molecular complexity index is 575. The van der Waals surface area contributed by atoms with Crippen LogP contribution in [0.3, 0.4) is 0 Å². The first-order valence-electron chi connectivity index (χ1n) is 9.76. The molecule has 0 aliphatic rings. The number of amides is 2. The second-order valence-corrected chi connectivity index (χ2v) is 6.64. The average Bonchev–Trinajstić information content (AvgIpc) is 2.66. The molecule has 0 aliphatic carbocycles. The fourth-order valence-electron chi connectivity index (χ4n) is 2.85. The molecule has 0 saturated heterocycles. The highest BCUT2D eigenvalue weighted by molar-refractivity contribution is 5.90. The number of para-hydroxylation sites is 1. The van der Waals surface area contributed by atoms with Gasteiger partial charge in [-0.25, -0.2) is 0 Å². The van der Waals surface area contributed by atoms with E-state index in [9.17, 15) is 14.4 Å². The van der Waals surface area contributed by atoms with Crippen molar-refractivity contribution in [2.75, 3.05) is 12.4 Å². The molecule has 0 saturated carbocycles. The van der Waals surface area contributed by atoms with Crippen LogP contribution in [-0.2, 0) is 19.1 Å². The first-order chi connectivity index (χ1) is 13.0. The van der Waals surface area contributed by atoms with Crippen LogP contribution in [0.1, 0.15) is 64.7 Å². The van der Waals surface area contributed by atoms with Crippen molar-refractivity contribution in [1.82, 2.24) is 5.32 Å². The van der Waals surface area contributed by atoms with E-state index in [4.69, 9.17) is 0 Å². The standard InChI is InChI=1S/C21H32N2O4/c1-3-10-17(13-9-16-21(26)27-2)22-19(24)14-7-8-15-20(25)23-18-11-5-4-6-12-18/h4-6,11-12,17H,3,7-10,13-16H2,1-2H3,(H,22,24)(H,23,25)/t17-/m0/s1. The van der Waals surface area contributed by atoms with Crippen molar-refractivity contribution in [3.8, 4) is 0 Å². The Kier molecular flexibility index (Phi) is 11.6. The summed E-state index contributed by atoms with van der Waals surface area (Å²) in [5.41, 5.74) is 0.787. The number of carbonyl (C=O) groups is 3. The maximum Gasteiger partial charge on any atom is 0.305 e. The minimum atomic E-state index is -0.217. The normalized spacial score (nSPS) is 11.5. The Hall–Kier alpha value is -2.37. The van der Waals surface area contributed by atoms with Gasteiger partial charge >= 0.3 is 5.97 Å². The maximum absolute atomic E-state index is 12.1. The smallest absolute Gasteiger partial charge is 0.305 e. The molecule has 0 unspecified atom stereocenters. The first-order valence-corrected chi connectivity index (χ1v) is 9.76. The van der Waals surface area contributed by atoms with Crippen LogP contribution in [0.2, 0.25) is 0 Å². The number of unbranched alkanes of at least 4 members (excludes halogenated alkanes) is 1. The lowest BCUT2D eigenvalue weighted by atomic mass is 10.0. The van der Waals surface area contributed by atoms with Gasteiger partial charge in [-0.2, -0.15) is 0 Å². The predicted molar refractivity (Wildman–Crippen MR) is 106 cm³/mol. The van der Waals surface area contributed by atoms with Gasteiger partial charge in [-0.3, -0.25) is 14.4 Å². The van der Waals surface area contributed by atoms with Crippen molar-refractivity contribution in [1.29, 1.82) is 0 Å². The Labute approximate surface area is 162 Å². The summed E-state index contributed by atoms with van der Waals surface area (Å²) in [7, 11) is 1.38. The predicted octanol–water partition coefficient (Wildman–Crippen LogP) is 3.81. The van der Waals surface area contributed by atoms with E-state index in [1.54, 1.807) is 0 Å². The third-order valence-corrected chi connectivity index (χ3v) is 4.28. The van der Waals surface area contributed by atoms with Crippen LogP contribution in [-0.4, -0.2) is 30.9 Å². The molecule has 6 nitrogen and oxygen atoms in total. The fourth-order valence-corrected chi connectivity index (χ4v) is 2.85. The molecule has 150 valence electrons. The van der Waals surface area contributed by atoms with E-state index in [0.717, 1.165) is 24.9 Å². The van der Waals surface area contributed by atoms with Crippen molar-refractivity contribution in [3.63, 3.8) is 0 Å². The Morgan fingerprint density at radius 2 is 1.59 bits per heavy atom. The van der Waals surface area contributed by atoms with E-state index in [1.165, 1.54) is 7.11 Å². The van der Waals surface area contributed by atoms with Crippen LogP contribution >= 0.6 is 0 Å². The van der Waals surface area contributed by atoms with Gasteiger partial charge in [0.15, 0.2) is 0 Å². The van der Waals surface area contributed by atoms with Gasteiger partial charge in [0, 0.05) is 31.0 Å². The number of carbonyl (C=O) groups excluding carboxylic acids is 3. The molecule has 6 heteroatoms. The van der Waals surface area contributed by atoms with Crippen molar-refractivity contribution >= 4 is 23.5 Å². The fraction of sp³-hybridized carbons (Fsp3) is 0.571. The molecular formula is C21H32N2O4. The van der Waals surface area contributed by atoms with Gasteiger partial charge in [0.25, 0.3) is 0 Å². The molecule has 1 atom stereocenters. The second kappa shape index (κ2) is 13.8. The quantitative estimate of drug-likeness (QED) is 0.405. The summed E-state index contributed by atoms with van der Waals surface area (Å²) in [5.74, 6) is -0.242. The monoisotopic (exact) mass is 376 g/mol. The van der Waals surface area contributed by atoms with Crippen LogP contribution in [0.5, 0.6) is 0 Å². The number of rotatable bonds is 13. The van der Waals surface area contributed by atoms with E-state index in [-0.39, 0.29) is 23.8 Å². The van der Waals surface area contributed by atoms with Crippen LogP contribution in [0.4, 0.5) is 5.69 Å². The Morgan fingerprint density at radius 3 is 2.22 bits per heavy atom. The number of esters is 1. The number of anilines is 1. The summed E-state index contributed by atoms with van der Waals surface area (Å²) < 4.78 is 4.64. The van der Waals surface area contributed by atoms with Gasteiger partial charge in [0.2, 0.25) is 11.8 Å². The van der Waals surface area contributed by atoms with Crippen LogP contribution in [0.25, 0.3) is 0 Å². The summed E-state index contributed by atoms with van der Waals surface area (Å²) in [4.78, 5) is 35.2. The zero-order valence-electron chi connectivity index (χ0n) is 16.5. The van der Waals surface area contributed by atoms with E-state index in [1.807, 2.05) is 30.3 Å². The first kappa shape index (κ1) is 22.7. The van der Waals surface area contributed by atoms with Gasteiger partial charge in [0.1, 0.15) is 0 Å². The van der Waals surface area contributed by atoms with Crippen LogP contribution < -0.4 is 10.6 Å². The van der Waals surface area contributed by atoms with Crippen molar-refractivity contribution in [3.05, 3.63) is 30.3 Å². The van der Waals surface area contributed by atoms with E-state index in [0.29, 0.717) is 38.5 Å². The summed E-state index contributed by atoms with van der Waals surface area (Å²) in [6.45, 7) is 2.07. The third-order valence-electron chi connectivity index (χ3n) is 4.28. The highest BCUT2D eigenvalue weighted by atomic mass is 16.5. The van der Waals surface area contributed by atoms with Crippen LogP contribution in [0, 0.1) is 0 Å². The summed E-state index contributed by atoms with van der Waals surface area (Å²) in [6.07, 6.45) is 5.89. The second-order valence-electron chi connectivity index (χ2n) is 6.64. The zero-order valence-corrected chi connectivity index (χ0v) is 16.5. The molecule has 0 aromatic heterocycles. The molecule has 0 bridgehead atoms. The topological polar surface area (TPSA) is 84.5 Å². The number of nitrogens with one attached hydrogen (secondary N) is 2. The third kappa shape index (κ3) is 11.1. The highest BCUT2D eigenvalue weighted by Crippen LogP contribution is 2.10. The molecule has 0 fully saturated rings. The highest BCUT2D eigenvalue weighted by Gasteiger charge is 2.12. The number of hydrogen-bond donors (Lipinski definition) is 2. The Morgan fingerprint density at radius 1 is 0.926 bits per heavy atom. The lowest BCUT2D eigenvalue weighted by Gasteiger charge is -2.18. The lowest BCUT2D eigenvalue weighted by Crippen LogP contribution is -2.34. The van der Waals surface area contributed by atoms with Crippen molar-refractivity contribution < 1.29 is 19.1 Å². The average molecular weight is 376 g/mol. The van der Waals surface area contributed by atoms with Gasteiger partial charge in [-0.1, -0.05) is 31.5 Å². The van der Waals surface area contributed by atoms with Gasteiger partial charge < -0.3 is 15.4 Å². The van der Waals surface area contributed by atoms with E-state index in [2.05, 4.69) is 22.3 Å². The number of hydrogen-bond acceptors (Lipinski definition) is 4. The molecule has 2 amide bonds. The molecule has 1 aromatic carbocycles. The largest absolute Gasteiger partial charge is 0.469 e. The minimum Gasteiger partial charge on any atom is -0.469 e. The van der Waals surface area contributed by atoms with Gasteiger partial charge in [-0.15, -0.1) is 0 Å². The summed E-state index contributed by atoms with van der Waals surface area (Å²) >= 11 is 0. The molecule has 0 spiro atoms. The zero-order chi connectivity index (χ0) is 19.9. The van der Waals surface area contributed by atoms with Gasteiger partial charge in [-0.05, 0) is 44.2 Å². The summed E-state index contributed by atoms with van der Waals surface area (Å²) in [6, 6.07) is 9.43. The lowest BCUT2D eigenvalue weighted by molar-refractivity contribution is -0.140. The molecule has 0 heterocycles. The molecule has 0 aliphatic heterocycles. The molecule has 0 radical (unpaired) electrons.